The number of aliphatic hydroxyl groups excluding tert-OH is 2. The maximum Gasteiger partial charge on any atom is 0.573 e. The van der Waals surface area contributed by atoms with E-state index in [0.717, 1.165) is 0 Å². The van der Waals surface area contributed by atoms with Crippen LogP contribution in [-0.2, 0) is 24.8 Å². The van der Waals surface area contributed by atoms with Gasteiger partial charge >= 0.3 is 17.9 Å². The lowest BCUT2D eigenvalue weighted by molar-refractivity contribution is -0.274. The van der Waals surface area contributed by atoms with Crippen LogP contribution >= 0.6 is 0 Å². The first-order valence-corrected chi connectivity index (χ1v) is 13.1. The van der Waals surface area contributed by atoms with Gasteiger partial charge in [0.1, 0.15) is 17.3 Å². The largest absolute Gasteiger partial charge is 0.573 e. The molecule has 5 aromatic rings. The highest BCUT2D eigenvalue weighted by atomic mass is 32.1. The molecule has 0 spiro atoms. The molecule has 0 radical (unpaired) electrons. The van der Waals surface area contributed by atoms with Crippen molar-refractivity contribution in [1.29, 1.82) is 0 Å². The highest BCUT2D eigenvalue weighted by Crippen LogP contribution is 2.39. The van der Waals surface area contributed by atoms with Gasteiger partial charge in [-0.05, 0) is 72.1 Å². The average Bonchev–Trinajstić information content (AvgIpc) is 3.59. The van der Waals surface area contributed by atoms with E-state index in [1.165, 1.54) is 30.3 Å². The summed E-state index contributed by atoms with van der Waals surface area (Å²) in [6, 6.07) is 15.3. The number of halogens is 4. The fraction of sp³-hybridized carbons (Fsp3) is 0.172. The number of ether oxygens (including phenoxy) is 1. The Labute approximate surface area is 245 Å². The predicted octanol–water partition coefficient (Wildman–Crippen LogP) is 5.83. The van der Waals surface area contributed by atoms with Gasteiger partial charge in [0.15, 0.2) is 11.7 Å². The zero-order valence-electron chi connectivity index (χ0n) is 22.6. The molecule has 14 heteroatoms. The fourth-order valence-corrected chi connectivity index (χ4v) is 4.44. The average molecular weight is 618 g/mol. The number of aromatic nitrogens is 3. The summed E-state index contributed by atoms with van der Waals surface area (Å²) in [7, 11) is 0. The molecule has 9 nitrogen and oxygen atoms in total. The Morgan fingerprint density at radius 3 is 2.19 bits per heavy atom. The predicted molar refractivity (Wildman–Crippen MR) is 147 cm³/mol. The molecule has 3 aromatic carbocycles. The SMILES string of the molecule is Cc1nc(-c2ccc(OC(F)(F)F)cc2)c(-c2cc(-c3cc(C)c(CO)c(F)c3)ccc2-n2ccc(CO)n2)o1.O=S=O. The normalized spacial score (nSPS) is 11.2. The molecule has 224 valence electrons. The first kappa shape index (κ1) is 31.3. The van der Waals surface area contributed by atoms with E-state index >= 15 is 0 Å². The summed E-state index contributed by atoms with van der Waals surface area (Å²) in [5.41, 5.74) is 4.33. The molecular formula is C29H23F4N3O6S. The highest BCUT2D eigenvalue weighted by molar-refractivity contribution is 7.51. The van der Waals surface area contributed by atoms with Crippen molar-refractivity contribution in [3.05, 3.63) is 95.4 Å². The van der Waals surface area contributed by atoms with E-state index < -0.39 is 30.4 Å². The molecule has 2 N–H and O–H groups in total. The molecule has 0 aliphatic carbocycles. The van der Waals surface area contributed by atoms with Crippen molar-refractivity contribution in [3.63, 3.8) is 0 Å². The lowest BCUT2D eigenvalue weighted by Crippen LogP contribution is -2.16. The molecule has 0 atom stereocenters. The van der Waals surface area contributed by atoms with Crippen LogP contribution in [0.3, 0.4) is 0 Å². The lowest BCUT2D eigenvalue weighted by Gasteiger charge is -2.14. The summed E-state index contributed by atoms with van der Waals surface area (Å²) in [6.07, 6.45) is -3.16. The van der Waals surface area contributed by atoms with Crippen molar-refractivity contribution < 1.29 is 45.3 Å². The molecule has 0 aliphatic rings. The quantitative estimate of drug-likeness (QED) is 0.219. The van der Waals surface area contributed by atoms with Gasteiger partial charge in [0.05, 0.1) is 24.6 Å². The molecule has 0 amide bonds. The Kier molecular flexibility index (Phi) is 9.53. The second-order valence-electron chi connectivity index (χ2n) is 9.10. The van der Waals surface area contributed by atoms with Crippen LogP contribution in [0.2, 0.25) is 0 Å². The molecule has 0 fully saturated rings. The minimum Gasteiger partial charge on any atom is -0.440 e. The minimum absolute atomic E-state index is 0.208. The summed E-state index contributed by atoms with van der Waals surface area (Å²) in [5.74, 6) is -0.301. The van der Waals surface area contributed by atoms with Gasteiger partial charge < -0.3 is 19.4 Å². The van der Waals surface area contributed by atoms with Crippen LogP contribution in [0.4, 0.5) is 17.6 Å². The van der Waals surface area contributed by atoms with Crippen LogP contribution in [-0.4, -0.2) is 39.8 Å². The second-order valence-corrected chi connectivity index (χ2v) is 9.24. The van der Waals surface area contributed by atoms with Crippen LogP contribution in [0.1, 0.15) is 22.7 Å². The lowest BCUT2D eigenvalue weighted by atomic mass is 9.96. The number of alkyl halides is 3. The zero-order valence-corrected chi connectivity index (χ0v) is 23.4. The van der Waals surface area contributed by atoms with E-state index in [2.05, 4.69) is 14.8 Å². The number of rotatable bonds is 7. The number of oxazole rings is 1. The molecule has 0 bridgehead atoms. The van der Waals surface area contributed by atoms with Crippen molar-refractivity contribution in [3.8, 4) is 45.1 Å². The van der Waals surface area contributed by atoms with E-state index in [-0.39, 0.29) is 17.9 Å². The smallest absolute Gasteiger partial charge is 0.440 e. The van der Waals surface area contributed by atoms with Gasteiger partial charge in [0, 0.05) is 29.8 Å². The summed E-state index contributed by atoms with van der Waals surface area (Å²) in [4.78, 5) is 4.48. The second kappa shape index (κ2) is 13.1. The van der Waals surface area contributed by atoms with Gasteiger partial charge in [-0.3, -0.25) is 0 Å². The summed E-state index contributed by atoms with van der Waals surface area (Å²) in [6.45, 7) is 2.65. The highest BCUT2D eigenvalue weighted by Gasteiger charge is 2.31. The number of nitrogens with zero attached hydrogens (tertiary/aromatic N) is 3. The third kappa shape index (κ3) is 7.23. The number of hydrogen-bond acceptors (Lipinski definition) is 8. The fourth-order valence-electron chi connectivity index (χ4n) is 4.44. The number of hydrogen-bond donors (Lipinski definition) is 2. The van der Waals surface area contributed by atoms with Crippen LogP contribution in [0.5, 0.6) is 5.75 Å². The summed E-state index contributed by atoms with van der Waals surface area (Å²) in [5, 5.41) is 23.4. The maximum absolute atomic E-state index is 14.7. The molecular weight excluding hydrogens is 594 g/mol. The van der Waals surface area contributed by atoms with Gasteiger partial charge in [0.2, 0.25) is 0 Å². The van der Waals surface area contributed by atoms with E-state index in [0.29, 0.717) is 56.5 Å². The Morgan fingerprint density at radius 1 is 0.930 bits per heavy atom. The Bertz CT molecular complexity index is 1760. The van der Waals surface area contributed by atoms with Crippen molar-refractivity contribution in [1.82, 2.24) is 14.8 Å². The van der Waals surface area contributed by atoms with Crippen LogP contribution < -0.4 is 4.74 Å². The van der Waals surface area contributed by atoms with Gasteiger partial charge in [0.25, 0.3) is 0 Å². The van der Waals surface area contributed by atoms with E-state index in [4.69, 9.17) is 12.8 Å². The number of benzene rings is 3. The van der Waals surface area contributed by atoms with E-state index in [1.54, 1.807) is 55.1 Å². The summed E-state index contributed by atoms with van der Waals surface area (Å²) >= 11 is -0.750. The Balaban J connectivity index is 0.00000135. The Hall–Kier alpha value is -4.66. The van der Waals surface area contributed by atoms with Crippen LogP contribution in [0.25, 0.3) is 39.4 Å². The van der Waals surface area contributed by atoms with Gasteiger partial charge in [-0.1, -0.05) is 12.1 Å². The number of aryl methyl sites for hydroxylation is 2. The molecule has 0 saturated carbocycles. The van der Waals surface area contributed by atoms with Gasteiger partial charge in [-0.15, -0.1) is 13.2 Å². The summed E-state index contributed by atoms with van der Waals surface area (Å²) < 4.78 is 80.8. The first-order valence-electron chi connectivity index (χ1n) is 12.4. The zero-order chi connectivity index (χ0) is 31.3. The van der Waals surface area contributed by atoms with Crippen molar-refractivity contribution in [2.75, 3.05) is 0 Å². The third-order valence-corrected chi connectivity index (χ3v) is 6.30. The Morgan fingerprint density at radius 2 is 1.60 bits per heavy atom. The topological polar surface area (TPSA) is 128 Å². The molecule has 5 rings (SSSR count). The maximum atomic E-state index is 14.7. The standard InChI is InChI=1S/C29H23F4N3O4.O2S/c1-16-11-20(13-25(30)24(16)15-38)19-5-8-26(36-10-9-21(14-37)35-36)23(12-19)28-27(34-17(2)39-28)18-3-6-22(7-4-18)40-29(31,32)33;1-3-2/h3-13,37-38H,14-15H2,1-2H3;. The molecule has 2 aromatic heterocycles. The van der Waals surface area contributed by atoms with Gasteiger partial charge in [-0.2, -0.15) is 13.5 Å². The van der Waals surface area contributed by atoms with Crippen molar-refractivity contribution in [2.45, 2.75) is 33.4 Å². The minimum atomic E-state index is -4.82. The molecule has 0 unspecified atom stereocenters. The van der Waals surface area contributed by atoms with E-state index in [1.807, 2.05) is 0 Å². The van der Waals surface area contributed by atoms with E-state index in [9.17, 15) is 27.8 Å². The van der Waals surface area contributed by atoms with Crippen molar-refractivity contribution >= 4 is 11.6 Å². The number of aliphatic hydroxyl groups is 2. The monoisotopic (exact) mass is 617 g/mol. The molecule has 43 heavy (non-hydrogen) atoms. The first-order chi connectivity index (χ1) is 20.5. The van der Waals surface area contributed by atoms with Crippen LogP contribution in [0, 0.1) is 19.7 Å². The molecule has 0 aliphatic heterocycles. The molecule has 0 saturated heterocycles. The third-order valence-electron chi connectivity index (χ3n) is 6.30. The molecule has 2 heterocycles. The van der Waals surface area contributed by atoms with Gasteiger partial charge in [-0.25, -0.2) is 14.1 Å². The van der Waals surface area contributed by atoms with Crippen molar-refractivity contribution in [2.24, 2.45) is 0 Å². The van der Waals surface area contributed by atoms with Crippen LogP contribution in [0.15, 0.2) is 71.3 Å².